The van der Waals surface area contributed by atoms with Crippen molar-refractivity contribution in [3.63, 3.8) is 0 Å². The van der Waals surface area contributed by atoms with Crippen molar-refractivity contribution in [2.75, 3.05) is 18.9 Å². The average molecular weight is 416 g/mol. The zero-order chi connectivity index (χ0) is 19.5. The summed E-state index contributed by atoms with van der Waals surface area (Å²) < 4.78 is 7.04. The summed E-state index contributed by atoms with van der Waals surface area (Å²) in [6.07, 6.45) is 2.16. The summed E-state index contributed by atoms with van der Waals surface area (Å²) in [4.78, 5) is 30.4. The van der Waals surface area contributed by atoms with Gasteiger partial charge in [0.25, 0.3) is 5.56 Å². The lowest BCUT2D eigenvalue weighted by molar-refractivity contribution is -0.119. The van der Waals surface area contributed by atoms with Crippen LogP contribution < -0.4 is 10.9 Å². The maximum Gasteiger partial charge on any atom is 0.263 e. The van der Waals surface area contributed by atoms with Crippen molar-refractivity contribution < 1.29 is 9.53 Å². The van der Waals surface area contributed by atoms with Gasteiger partial charge in [0.1, 0.15) is 4.83 Å². The Labute approximate surface area is 170 Å². The molecule has 0 aliphatic carbocycles. The van der Waals surface area contributed by atoms with Crippen LogP contribution in [0.15, 0.2) is 45.7 Å². The van der Waals surface area contributed by atoms with E-state index in [0.717, 1.165) is 30.6 Å². The molecule has 0 saturated carbocycles. The molecule has 3 heterocycles. The highest BCUT2D eigenvalue weighted by Crippen LogP contribution is 2.31. The molecule has 146 valence electrons. The molecule has 28 heavy (non-hydrogen) atoms. The second-order valence-corrected chi connectivity index (χ2v) is 8.48. The number of benzene rings is 1. The standard InChI is InChI=1S/C20H21N3O3S2/c1-23-19(25)17-15(13-6-3-2-4-7-13)11-27-18(17)22-20(23)28-12-16(24)21-10-14-8-5-9-26-14/h2-4,6-7,11,14H,5,8-10,12H2,1H3,(H,21,24)/t14-/m0/s1. The molecular formula is C20H21N3O3S2. The van der Waals surface area contributed by atoms with Crippen molar-refractivity contribution in [2.24, 2.45) is 7.05 Å². The van der Waals surface area contributed by atoms with E-state index in [1.807, 2.05) is 35.7 Å². The first kappa shape index (κ1) is 19.2. The number of aromatic nitrogens is 2. The van der Waals surface area contributed by atoms with Gasteiger partial charge in [-0.1, -0.05) is 42.1 Å². The minimum Gasteiger partial charge on any atom is -0.376 e. The van der Waals surface area contributed by atoms with Crippen molar-refractivity contribution in [2.45, 2.75) is 24.1 Å². The smallest absolute Gasteiger partial charge is 0.263 e. The molecule has 6 nitrogen and oxygen atoms in total. The van der Waals surface area contributed by atoms with Crippen LogP contribution in [0.4, 0.5) is 0 Å². The largest absolute Gasteiger partial charge is 0.376 e. The first-order valence-corrected chi connectivity index (χ1v) is 11.0. The van der Waals surface area contributed by atoms with E-state index in [0.29, 0.717) is 21.9 Å². The maximum absolute atomic E-state index is 12.9. The topological polar surface area (TPSA) is 73.2 Å². The number of nitrogens with one attached hydrogen (secondary N) is 1. The predicted octanol–water partition coefficient (Wildman–Crippen LogP) is 3.05. The van der Waals surface area contributed by atoms with E-state index in [1.54, 1.807) is 7.05 Å². The molecule has 4 rings (SSSR count). The molecular weight excluding hydrogens is 394 g/mol. The third-order valence-corrected chi connectivity index (χ3v) is 6.64. The van der Waals surface area contributed by atoms with Gasteiger partial charge in [0.2, 0.25) is 5.91 Å². The number of nitrogens with zero attached hydrogens (tertiary/aromatic N) is 2. The third kappa shape index (κ3) is 3.99. The molecule has 1 aliphatic rings. The van der Waals surface area contributed by atoms with Crippen LogP contribution in [-0.2, 0) is 16.6 Å². The summed E-state index contributed by atoms with van der Waals surface area (Å²) >= 11 is 2.73. The number of hydrogen-bond acceptors (Lipinski definition) is 6. The lowest BCUT2D eigenvalue weighted by atomic mass is 10.1. The first-order chi connectivity index (χ1) is 13.6. The summed E-state index contributed by atoms with van der Waals surface area (Å²) in [6.45, 7) is 1.31. The van der Waals surface area contributed by atoms with Crippen LogP contribution in [0, 0.1) is 0 Å². The highest BCUT2D eigenvalue weighted by molar-refractivity contribution is 7.99. The third-order valence-electron chi connectivity index (χ3n) is 4.74. The fourth-order valence-electron chi connectivity index (χ4n) is 3.23. The van der Waals surface area contributed by atoms with E-state index in [-0.39, 0.29) is 23.3 Å². The zero-order valence-corrected chi connectivity index (χ0v) is 17.1. The van der Waals surface area contributed by atoms with Crippen molar-refractivity contribution in [1.82, 2.24) is 14.9 Å². The lowest BCUT2D eigenvalue weighted by Crippen LogP contribution is -2.33. The molecule has 1 N–H and O–H groups in total. The Balaban J connectivity index is 1.50. The number of carbonyl (C=O) groups is 1. The van der Waals surface area contributed by atoms with Crippen LogP contribution in [0.1, 0.15) is 12.8 Å². The molecule has 0 radical (unpaired) electrons. The molecule has 0 unspecified atom stereocenters. The fourth-order valence-corrected chi connectivity index (χ4v) is 5.02. The summed E-state index contributed by atoms with van der Waals surface area (Å²) in [5, 5.41) is 6.04. The van der Waals surface area contributed by atoms with E-state index in [4.69, 9.17) is 4.74 Å². The molecule has 1 aromatic carbocycles. The Morgan fingerprint density at radius 1 is 1.39 bits per heavy atom. The van der Waals surface area contributed by atoms with Crippen LogP contribution in [0.3, 0.4) is 0 Å². The fraction of sp³-hybridized carbons (Fsp3) is 0.350. The summed E-state index contributed by atoms with van der Waals surface area (Å²) in [7, 11) is 1.70. The Bertz CT molecular complexity index is 1040. The van der Waals surface area contributed by atoms with Crippen molar-refractivity contribution in [3.05, 3.63) is 46.1 Å². The van der Waals surface area contributed by atoms with Crippen LogP contribution in [0.5, 0.6) is 0 Å². The Morgan fingerprint density at radius 3 is 2.96 bits per heavy atom. The molecule has 1 aliphatic heterocycles. The van der Waals surface area contributed by atoms with E-state index in [2.05, 4.69) is 10.3 Å². The summed E-state index contributed by atoms with van der Waals surface area (Å²) in [5.74, 6) is 0.140. The Hall–Kier alpha value is -2.16. The number of rotatable bonds is 6. The van der Waals surface area contributed by atoms with Gasteiger partial charge >= 0.3 is 0 Å². The van der Waals surface area contributed by atoms with Gasteiger partial charge in [-0.3, -0.25) is 14.2 Å². The SMILES string of the molecule is Cn1c(SCC(=O)NC[C@@H]2CCCO2)nc2scc(-c3ccccc3)c2c1=O. The first-order valence-electron chi connectivity index (χ1n) is 9.18. The van der Waals surface area contributed by atoms with E-state index in [9.17, 15) is 9.59 Å². The van der Waals surface area contributed by atoms with Gasteiger partial charge < -0.3 is 10.1 Å². The number of carbonyl (C=O) groups excluding carboxylic acids is 1. The monoisotopic (exact) mass is 415 g/mol. The maximum atomic E-state index is 12.9. The molecule has 1 saturated heterocycles. The number of hydrogen-bond donors (Lipinski definition) is 1. The van der Waals surface area contributed by atoms with Crippen LogP contribution in [0.25, 0.3) is 21.3 Å². The molecule has 1 fully saturated rings. The van der Waals surface area contributed by atoms with Crippen molar-refractivity contribution in [1.29, 1.82) is 0 Å². The normalized spacial score (nSPS) is 16.5. The minimum absolute atomic E-state index is 0.0778. The van der Waals surface area contributed by atoms with E-state index in [1.165, 1.54) is 27.7 Å². The van der Waals surface area contributed by atoms with E-state index < -0.39 is 0 Å². The van der Waals surface area contributed by atoms with Gasteiger partial charge in [-0.15, -0.1) is 11.3 Å². The van der Waals surface area contributed by atoms with Crippen LogP contribution >= 0.6 is 23.1 Å². The number of fused-ring (bicyclic) bond motifs is 1. The quantitative estimate of drug-likeness (QED) is 0.495. The van der Waals surface area contributed by atoms with Crippen molar-refractivity contribution in [3.8, 4) is 11.1 Å². The van der Waals surface area contributed by atoms with Gasteiger partial charge in [0.05, 0.1) is 17.2 Å². The Kier molecular flexibility index (Phi) is 5.79. The van der Waals surface area contributed by atoms with Crippen molar-refractivity contribution >= 4 is 39.2 Å². The highest BCUT2D eigenvalue weighted by Gasteiger charge is 2.18. The van der Waals surface area contributed by atoms with Gasteiger partial charge in [-0.25, -0.2) is 4.98 Å². The number of thiophene rings is 1. The molecule has 1 atom stereocenters. The number of amides is 1. The summed E-state index contributed by atoms with van der Waals surface area (Å²) in [6, 6.07) is 9.84. The molecule has 3 aromatic rings. The van der Waals surface area contributed by atoms with Gasteiger partial charge in [0.15, 0.2) is 5.16 Å². The summed E-state index contributed by atoms with van der Waals surface area (Å²) in [5.41, 5.74) is 1.81. The highest BCUT2D eigenvalue weighted by atomic mass is 32.2. The molecule has 1 amide bonds. The lowest BCUT2D eigenvalue weighted by Gasteiger charge is -2.11. The second kappa shape index (κ2) is 8.46. The molecule has 0 spiro atoms. The minimum atomic E-state index is -0.0904. The van der Waals surface area contributed by atoms with Crippen LogP contribution in [0.2, 0.25) is 0 Å². The molecule has 8 heteroatoms. The number of thioether (sulfide) groups is 1. The zero-order valence-electron chi connectivity index (χ0n) is 15.5. The molecule has 0 bridgehead atoms. The van der Waals surface area contributed by atoms with Crippen LogP contribution in [-0.4, -0.2) is 40.5 Å². The second-order valence-electron chi connectivity index (χ2n) is 6.68. The van der Waals surface area contributed by atoms with Gasteiger partial charge in [0, 0.05) is 31.1 Å². The molecule has 2 aromatic heterocycles. The average Bonchev–Trinajstić information content (AvgIpc) is 3.38. The van der Waals surface area contributed by atoms with Gasteiger partial charge in [-0.2, -0.15) is 0 Å². The van der Waals surface area contributed by atoms with E-state index >= 15 is 0 Å². The van der Waals surface area contributed by atoms with Gasteiger partial charge in [-0.05, 0) is 18.4 Å². The number of ether oxygens (including phenoxy) is 1. The Morgan fingerprint density at radius 2 is 2.21 bits per heavy atom. The predicted molar refractivity (Wildman–Crippen MR) is 113 cm³/mol.